The second-order valence-electron chi connectivity index (χ2n) is 4.90. The first-order chi connectivity index (χ1) is 6.65. The third-order valence-corrected chi connectivity index (χ3v) is 5.41. The van der Waals surface area contributed by atoms with Crippen LogP contribution in [-0.4, -0.2) is 17.0 Å². The lowest BCUT2D eigenvalue weighted by Crippen LogP contribution is -2.30. The summed E-state index contributed by atoms with van der Waals surface area (Å²) in [5.41, 5.74) is 5.83. The van der Waals surface area contributed by atoms with Gasteiger partial charge in [0, 0.05) is 10.5 Å². The highest BCUT2D eigenvalue weighted by Gasteiger charge is 2.26. The third-order valence-electron chi connectivity index (χ3n) is 3.47. The molecule has 1 aliphatic rings. The summed E-state index contributed by atoms with van der Waals surface area (Å²) >= 11 is 2.18. The van der Waals surface area contributed by atoms with Crippen LogP contribution in [0.25, 0.3) is 0 Å². The summed E-state index contributed by atoms with van der Waals surface area (Å²) in [6.45, 7) is 7.88. The SMILES string of the molecule is CC(C)C(C)SC1CCCCC1CN. The molecule has 2 heteroatoms. The van der Waals surface area contributed by atoms with E-state index in [-0.39, 0.29) is 0 Å². The minimum absolute atomic E-state index is 0.784. The van der Waals surface area contributed by atoms with E-state index in [0.29, 0.717) is 0 Å². The molecule has 0 aromatic carbocycles. The first kappa shape index (κ1) is 12.4. The van der Waals surface area contributed by atoms with Crippen LogP contribution in [-0.2, 0) is 0 Å². The van der Waals surface area contributed by atoms with Gasteiger partial charge in [0.1, 0.15) is 0 Å². The van der Waals surface area contributed by atoms with Crippen LogP contribution in [0.3, 0.4) is 0 Å². The molecule has 1 aliphatic carbocycles. The van der Waals surface area contributed by atoms with Crippen molar-refractivity contribution in [3.05, 3.63) is 0 Å². The zero-order valence-corrected chi connectivity index (χ0v) is 10.6. The highest BCUT2D eigenvalue weighted by molar-refractivity contribution is 8.00. The number of hydrogen-bond acceptors (Lipinski definition) is 2. The summed E-state index contributed by atoms with van der Waals surface area (Å²) in [7, 11) is 0. The van der Waals surface area contributed by atoms with E-state index < -0.39 is 0 Å². The Morgan fingerprint density at radius 2 is 1.86 bits per heavy atom. The highest BCUT2D eigenvalue weighted by atomic mass is 32.2. The smallest absolute Gasteiger partial charge is 0.00901 e. The van der Waals surface area contributed by atoms with Gasteiger partial charge in [0.05, 0.1) is 0 Å². The molecule has 1 rings (SSSR count). The Labute approximate surface area is 93.2 Å². The molecule has 1 saturated carbocycles. The fraction of sp³-hybridized carbons (Fsp3) is 1.00. The van der Waals surface area contributed by atoms with Crippen molar-refractivity contribution < 1.29 is 0 Å². The molecule has 0 bridgehead atoms. The Morgan fingerprint density at radius 3 is 2.43 bits per heavy atom. The van der Waals surface area contributed by atoms with Crippen LogP contribution in [0.15, 0.2) is 0 Å². The van der Waals surface area contributed by atoms with Gasteiger partial charge < -0.3 is 5.73 Å². The van der Waals surface area contributed by atoms with Gasteiger partial charge in [-0.1, -0.05) is 33.6 Å². The maximum absolute atomic E-state index is 5.83. The Hall–Kier alpha value is 0.310. The quantitative estimate of drug-likeness (QED) is 0.779. The van der Waals surface area contributed by atoms with Gasteiger partial charge in [0.2, 0.25) is 0 Å². The molecule has 3 atom stereocenters. The number of nitrogens with two attached hydrogens (primary N) is 1. The van der Waals surface area contributed by atoms with Crippen molar-refractivity contribution in [2.45, 2.75) is 57.0 Å². The maximum atomic E-state index is 5.83. The van der Waals surface area contributed by atoms with E-state index in [1.54, 1.807) is 0 Å². The molecule has 0 aromatic rings. The molecule has 3 unspecified atom stereocenters. The molecule has 0 aliphatic heterocycles. The molecule has 0 heterocycles. The van der Waals surface area contributed by atoms with Crippen LogP contribution in [0.4, 0.5) is 0 Å². The summed E-state index contributed by atoms with van der Waals surface area (Å²) in [4.78, 5) is 0. The van der Waals surface area contributed by atoms with E-state index in [0.717, 1.165) is 28.9 Å². The summed E-state index contributed by atoms with van der Waals surface area (Å²) in [6.07, 6.45) is 5.57. The van der Waals surface area contributed by atoms with Crippen LogP contribution in [0.1, 0.15) is 46.5 Å². The number of thioether (sulfide) groups is 1. The van der Waals surface area contributed by atoms with Crippen molar-refractivity contribution in [3.8, 4) is 0 Å². The maximum Gasteiger partial charge on any atom is 0.00901 e. The monoisotopic (exact) mass is 215 g/mol. The van der Waals surface area contributed by atoms with Crippen LogP contribution in [0.2, 0.25) is 0 Å². The van der Waals surface area contributed by atoms with Gasteiger partial charge in [-0.05, 0) is 31.2 Å². The average Bonchev–Trinajstić information content (AvgIpc) is 2.18. The molecule has 1 fully saturated rings. The van der Waals surface area contributed by atoms with E-state index in [1.165, 1.54) is 25.7 Å². The number of rotatable bonds is 4. The van der Waals surface area contributed by atoms with Gasteiger partial charge in [-0.25, -0.2) is 0 Å². The fourth-order valence-corrected chi connectivity index (χ4v) is 3.69. The molecule has 0 aromatic heterocycles. The van der Waals surface area contributed by atoms with E-state index in [9.17, 15) is 0 Å². The molecular formula is C12H25NS. The molecule has 14 heavy (non-hydrogen) atoms. The van der Waals surface area contributed by atoms with Gasteiger partial charge in [-0.2, -0.15) is 11.8 Å². The first-order valence-corrected chi connectivity index (χ1v) is 6.95. The van der Waals surface area contributed by atoms with Gasteiger partial charge in [0.15, 0.2) is 0 Å². The zero-order chi connectivity index (χ0) is 10.6. The standard InChI is InChI=1S/C12H25NS/c1-9(2)10(3)14-12-7-5-4-6-11(12)8-13/h9-12H,4-8,13H2,1-3H3. The molecular weight excluding hydrogens is 190 g/mol. The van der Waals surface area contributed by atoms with Crippen molar-refractivity contribution in [1.29, 1.82) is 0 Å². The van der Waals surface area contributed by atoms with Gasteiger partial charge in [-0.15, -0.1) is 0 Å². The van der Waals surface area contributed by atoms with Gasteiger partial charge in [-0.3, -0.25) is 0 Å². The van der Waals surface area contributed by atoms with Crippen LogP contribution in [0, 0.1) is 11.8 Å². The fourth-order valence-electron chi connectivity index (χ4n) is 2.06. The van der Waals surface area contributed by atoms with Crippen LogP contribution >= 0.6 is 11.8 Å². The predicted molar refractivity (Wildman–Crippen MR) is 66.7 cm³/mol. The molecule has 84 valence electrons. The predicted octanol–water partition coefficient (Wildman–Crippen LogP) is 3.28. The molecule has 0 amide bonds. The number of hydrogen-bond donors (Lipinski definition) is 1. The van der Waals surface area contributed by atoms with Crippen LogP contribution < -0.4 is 5.73 Å². The Kier molecular flexibility index (Phi) is 5.32. The summed E-state index contributed by atoms with van der Waals surface area (Å²) < 4.78 is 0. The second kappa shape index (κ2) is 6.02. The largest absolute Gasteiger partial charge is 0.330 e. The van der Waals surface area contributed by atoms with Crippen molar-refractivity contribution in [2.24, 2.45) is 17.6 Å². The zero-order valence-electron chi connectivity index (χ0n) is 9.83. The molecule has 0 spiro atoms. The van der Waals surface area contributed by atoms with Crippen molar-refractivity contribution >= 4 is 11.8 Å². The van der Waals surface area contributed by atoms with Crippen molar-refractivity contribution in [1.82, 2.24) is 0 Å². The lowest BCUT2D eigenvalue weighted by Gasteiger charge is -2.33. The topological polar surface area (TPSA) is 26.0 Å². The molecule has 1 nitrogen and oxygen atoms in total. The Morgan fingerprint density at radius 1 is 1.21 bits per heavy atom. The highest BCUT2D eigenvalue weighted by Crippen LogP contribution is 2.36. The van der Waals surface area contributed by atoms with E-state index in [4.69, 9.17) is 5.73 Å². The van der Waals surface area contributed by atoms with Crippen molar-refractivity contribution in [2.75, 3.05) is 6.54 Å². The van der Waals surface area contributed by atoms with E-state index >= 15 is 0 Å². The average molecular weight is 215 g/mol. The first-order valence-electron chi connectivity index (χ1n) is 6.00. The summed E-state index contributed by atoms with van der Waals surface area (Å²) in [5, 5.41) is 1.62. The van der Waals surface area contributed by atoms with Crippen LogP contribution in [0.5, 0.6) is 0 Å². The van der Waals surface area contributed by atoms with E-state index in [2.05, 4.69) is 32.5 Å². The lowest BCUT2D eigenvalue weighted by molar-refractivity contribution is 0.376. The lowest BCUT2D eigenvalue weighted by atomic mass is 9.89. The normalized spacial score (nSPS) is 30.6. The molecule has 0 saturated heterocycles. The molecule has 2 N–H and O–H groups in total. The van der Waals surface area contributed by atoms with Gasteiger partial charge in [0.25, 0.3) is 0 Å². The van der Waals surface area contributed by atoms with Crippen molar-refractivity contribution in [3.63, 3.8) is 0 Å². The third kappa shape index (κ3) is 3.47. The minimum atomic E-state index is 0.784. The second-order valence-corrected chi connectivity index (χ2v) is 6.53. The summed E-state index contributed by atoms with van der Waals surface area (Å²) in [6, 6.07) is 0. The summed E-state index contributed by atoms with van der Waals surface area (Å²) in [5.74, 6) is 1.58. The Balaban J connectivity index is 2.40. The molecule has 0 radical (unpaired) electrons. The minimum Gasteiger partial charge on any atom is -0.330 e. The van der Waals surface area contributed by atoms with E-state index in [1.807, 2.05) is 0 Å². The van der Waals surface area contributed by atoms with Gasteiger partial charge >= 0.3 is 0 Å². The Bertz CT molecular complexity index is 158.